The molecule has 142 valence electrons. The summed E-state index contributed by atoms with van der Waals surface area (Å²) in [5, 5.41) is 13.5. The number of benzene rings is 2. The monoisotopic (exact) mass is 439 g/mol. The zero-order chi connectivity index (χ0) is 20.1. The first-order valence-electron chi connectivity index (χ1n) is 8.78. The van der Waals surface area contributed by atoms with Crippen molar-refractivity contribution in [2.24, 2.45) is 0 Å². The van der Waals surface area contributed by atoms with Crippen molar-refractivity contribution in [2.45, 2.75) is 19.8 Å². The normalized spacial score (nSPS) is 10.5. The van der Waals surface area contributed by atoms with E-state index >= 15 is 0 Å². The van der Waals surface area contributed by atoms with Gasteiger partial charge in [0.2, 0.25) is 0 Å². The van der Waals surface area contributed by atoms with E-state index in [1.165, 1.54) is 23.8 Å². The molecule has 0 radical (unpaired) electrons. The van der Waals surface area contributed by atoms with Crippen LogP contribution in [0.2, 0.25) is 0 Å². The number of hydrogen-bond acceptors (Lipinski definition) is 4. The molecule has 1 N–H and O–H groups in total. The fourth-order valence-electron chi connectivity index (χ4n) is 2.74. The van der Waals surface area contributed by atoms with Gasteiger partial charge < -0.3 is 5.32 Å². The van der Waals surface area contributed by atoms with E-state index in [1.54, 1.807) is 12.1 Å². The second kappa shape index (κ2) is 8.75. The zero-order valence-electron chi connectivity index (χ0n) is 15.2. The number of nitrogens with one attached hydrogen (secondary N) is 1. The van der Waals surface area contributed by atoms with Crippen LogP contribution in [0.1, 0.15) is 29.3 Å². The number of nitro groups is 1. The molecule has 0 aliphatic carbocycles. The molecule has 28 heavy (non-hydrogen) atoms. The number of pyridine rings is 1. The lowest BCUT2D eigenvalue weighted by molar-refractivity contribution is -0.384. The van der Waals surface area contributed by atoms with E-state index in [0.29, 0.717) is 15.7 Å². The van der Waals surface area contributed by atoms with E-state index in [1.807, 2.05) is 24.4 Å². The van der Waals surface area contributed by atoms with Gasteiger partial charge in [-0.15, -0.1) is 0 Å². The number of non-ortho nitro benzene ring substituents is 1. The van der Waals surface area contributed by atoms with Gasteiger partial charge in [0.05, 0.1) is 16.3 Å². The molecule has 0 saturated carbocycles. The molecule has 1 amide bonds. The number of aromatic nitrogens is 1. The molecular weight excluding hydrogens is 422 g/mol. The molecule has 0 aliphatic rings. The van der Waals surface area contributed by atoms with Gasteiger partial charge in [-0.1, -0.05) is 31.5 Å². The van der Waals surface area contributed by atoms with Crippen LogP contribution in [0.3, 0.4) is 0 Å². The standard InChI is InChI=1S/C21H18BrN3O3/c1-2-3-14-4-10-19(23-13-14)15-5-7-16(8-6-15)21(26)24-20-11-9-17(25(27)28)12-18(20)22/h4-13H,2-3H2,1H3,(H,24,26). The highest BCUT2D eigenvalue weighted by Crippen LogP contribution is 2.27. The van der Waals surface area contributed by atoms with Crippen LogP contribution in [0.5, 0.6) is 0 Å². The fraction of sp³-hybridized carbons (Fsp3) is 0.143. The lowest BCUT2D eigenvalue weighted by Crippen LogP contribution is -2.12. The largest absolute Gasteiger partial charge is 0.321 e. The summed E-state index contributed by atoms with van der Waals surface area (Å²) in [6, 6.07) is 15.4. The number of carbonyl (C=O) groups excluding carboxylic acids is 1. The number of halogens is 1. The highest BCUT2D eigenvalue weighted by molar-refractivity contribution is 9.10. The SMILES string of the molecule is CCCc1ccc(-c2ccc(C(=O)Nc3ccc([N+](=O)[O-])cc3Br)cc2)nc1. The summed E-state index contributed by atoms with van der Waals surface area (Å²) in [5.41, 5.74) is 3.88. The highest BCUT2D eigenvalue weighted by Gasteiger charge is 2.12. The number of rotatable bonds is 6. The van der Waals surface area contributed by atoms with Gasteiger partial charge in [-0.3, -0.25) is 19.9 Å². The number of carbonyl (C=O) groups is 1. The Morgan fingerprint density at radius 1 is 1.14 bits per heavy atom. The minimum Gasteiger partial charge on any atom is -0.321 e. The van der Waals surface area contributed by atoms with Crippen LogP contribution in [0, 0.1) is 10.1 Å². The van der Waals surface area contributed by atoms with E-state index in [2.05, 4.69) is 39.2 Å². The Hall–Kier alpha value is -3.06. The summed E-state index contributed by atoms with van der Waals surface area (Å²) in [7, 11) is 0. The van der Waals surface area contributed by atoms with Crippen LogP contribution >= 0.6 is 15.9 Å². The molecule has 0 unspecified atom stereocenters. The molecule has 1 aromatic heterocycles. The Kier molecular flexibility index (Phi) is 6.16. The van der Waals surface area contributed by atoms with E-state index in [9.17, 15) is 14.9 Å². The van der Waals surface area contributed by atoms with Crippen LogP contribution in [-0.2, 0) is 6.42 Å². The average molecular weight is 440 g/mol. The van der Waals surface area contributed by atoms with Crippen molar-refractivity contribution in [1.82, 2.24) is 4.98 Å². The van der Waals surface area contributed by atoms with Crippen molar-refractivity contribution in [3.63, 3.8) is 0 Å². The first kappa shape index (κ1) is 19.7. The number of hydrogen-bond donors (Lipinski definition) is 1. The summed E-state index contributed by atoms with van der Waals surface area (Å²) < 4.78 is 0.447. The number of anilines is 1. The average Bonchev–Trinajstić information content (AvgIpc) is 2.70. The fourth-order valence-corrected chi connectivity index (χ4v) is 3.20. The predicted molar refractivity (Wildman–Crippen MR) is 112 cm³/mol. The molecule has 2 aromatic carbocycles. The Balaban J connectivity index is 1.72. The summed E-state index contributed by atoms with van der Waals surface area (Å²) in [5.74, 6) is -0.299. The van der Waals surface area contributed by atoms with E-state index in [0.717, 1.165) is 24.1 Å². The summed E-state index contributed by atoms with van der Waals surface area (Å²) >= 11 is 3.25. The Labute approximate surface area is 170 Å². The molecule has 0 spiro atoms. The quantitative estimate of drug-likeness (QED) is 0.398. The highest BCUT2D eigenvalue weighted by atomic mass is 79.9. The second-order valence-electron chi connectivity index (χ2n) is 6.25. The summed E-state index contributed by atoms with van der Waals surface area (Å²) in [4.78, 5) is 27.3. The van der Waals surface area contributed by atoms with Gasteiger partial charge in [-0.2, -0.15) is 0 Å². The third-order valence-electron chi connectivity index (χ3n) is 4.22. The van der Waals surface area contributed by atoms with Crippen molar-refractivity contribution in [2.75, 3.05) is 5.32 Å². The van der Waals surface area contributed by atoms with Crippen LogP contribution in [0.15, 0.2) is 65.3 Å². The molecule has 0 bridgehead atoms. The zero-order valence-corrected chi connectivity index (χ0v) is 16.8. The van der Waals surface area contributed by atoms with E-state index in [4.69, 9.17) is 0 Å². The lowest BCUT2D eigenvalue weighted by atomic mass is 10.1. The van der Waals surface area contributed by atoms with Gasteiger partial charge in [0.15, 0.2) is 0 Å². The van der Waals surface area contributed by atoms with E-state index in [-0.39, 0.29) is 11.6 Å². The molecule has 6 nitrogen and oxygen atoms in total. The van der Waals surface area contributed by atoms with Crippen LogP contribution < -0.4 is 5.32 Å². The van der Waals surface area contributed by atoms with E-state index < -0.39 is 4.92 Å². The van der Waals surface area contributed by atoms with Crippen molar-refractivity contribution in [3.8, 4) is 11.3 Å². The molecule has 3 rings (SSSR count). The molecule has 7 heteroatoms. The molecular formula is C21H18BrN3O3. The maximum atomic E-state index is 12.5. The van der Waals surface area contributed by atoms with Gasteiger partial charge in [0.1, 0.15) is 0 Å². The number of nitrogens with zero attached hydrogens (tertiary/aromatic N) is 2. The lowest BCUT2D eigenvalue weighted by Gasteiger charge is -2.08. The third-order valence-corrected chi connectivity index (χ3v) is 4.87. The molecule has 0 aliphatic heterocycles. The van der Waals surface area contributed by atoms with Crippen LogP contribution in [-0.4, -0.2) is 15.8 Å². The van der Waals surface area contributed by atoms with Crippen LogP contribution in [0.25, 0.3) is 11.3 Å². The van der Waals surface area contributed by atoms with Crippen molar-refractivity contribution in [3.05, 3.63) is 86.5 Å². The summed E-state index contributed by atoms with van der Waals surface area (Å²) in [6.07, 6.45) is 3.96. The van der Waals surface area contributed by atoms with Crippen molar-refractivity contribution in [1.29, 1.82) is 0 Å². The molecule has 3 aromatic rings. The number of amides is 1. The van der Waals surface area contributed by atoms with Crippen molar-refractivity contribution < 1.29 is 9.72 Å². The van der Waals surface area contributed by atoms with Gasteiger partial charge in [-0.25, -0.2) is 0 Å². The predicted octanol–water partition coefficient (Wildman–Crippen LogP) is 5.62. The second-order valence-corrected chi connectivity index (χ2v) is 7.11. The molecule has 0 atom stereocenters. The maximum Gasteiger partial charge on any atom is 0.270 e. The minimum absolute atomic E-state index is 0.0494. The Bertz CT molecular complexity index is 1000. The van der Waals surface area contributed by atoms with Crippen molar-refractivity contribution >= 4 is 33.2 Å². The number of aryl methyl sites for hydroxylation is 1. The smallest absolute Gasteiger partial charge is 0.270 e. The Morgan fingerprint density at radius 2 is 1.89 bits per heavy atom. The first-order chi connectivity index (χ1) is 13.5. The van der Waals surface area contributed by atoms with Gasteiger partial charge >= 0.3 is 0 Å². The topological polar surface area (TPSA) is 85.1 Å². The first-order valence-corrected chi connectivity index (χ1v) is 9.58. The third kappa shape index (κ3) is 4.61. The van der Waals surface area contributed by atoms with Gasteiger partial charge in [-0.05, 0) is 52.2 Å². The maximum absolute atomic E-state index is 12.5. The number of nitro benzene ring substituents is 1. The Morgan fingerprint density at radius 3 is 2.46 bits per heavy atom. The molecule has 0 fully saturated rings. The molecule has 1 heterocycles. The summed E-state index contributed by atoms with van der Waals surface area (Å²) in [6.45, 7) is 2.13. The van der Waals surface area contributed by atoms with Gasteiger partial charge in [0.25, 0.3) is 11.6 Å². The van der Waals surface area contributed by atoms with Crippen LogP contribution in [0.4, 0.5) is 11.4 Å². The minimum atomic E-state index is -0.488. The van der Waals surface area contributed by atoms with Gasteiger partial charge in [0, 0.05) is 33.9 Å². The molecule has 0 saturated heterocycles.